The zero-order valence-electron chi connectivity index (χ0n) is 9.30. The van der Waals surface area contributed by atoms with Gasteiger partial charge in [-0.05, 0) is 18.4 Å². The molecule has 86 valence electrons. The van der Waals surface area contributed by atoms with E-state index in [9.17, 15) is 5.26 Å². The fraction of sp³-hybridized carbons (Fsp3) is 0.167. The molecule has 0 aliphatic heterocycles. The first-order valence-corrected chi connectivity index (χ1v) is 7.14. The summed E-state index contributed by atoms with van der Waals surface area (Å²) in [6.45, 7) is 0.706. The van der Waals surface area contributed by atoms with Gasteiger partial charge in [-0.3, -0.25) is 4.98 Å². The van der Waals surface area contributed by atoms with Crippen molar-refractivity contribution in [2.75, 3.05) is 11.6 Å². The van der Waals surface area contributed by atoms with Crippen molar-refractivity contribution in [3.8, 4) is 6.07 Å². The van der Waals surface area contributed by atoms with Crippen molar-refractivity contribution in [3.05, 3.63) is 40.3 Å². The Morgan fingerprint density at radius 2 is 2.41 bits per heavy atom. The summed E-state index contributed by atoms with van der Waals surface area (Å²) >= 11 is 3.19. The Balaban J connectivity index is 2.18. The van der Waals surface area contributed by atoms with Crippen molar-refractivity contribution in [3.63, 3.8) is 0 Å². The summed E-state index contributed by atoms with van der Waals surface area (Å²) in [5.41, 5.74) is 3.40. The van der Waals surface area contributed by atoms with E-state index < -0.39 is 0 Å². The zero-order chi connectivity index (χ0) is 12.1. The molecule has 0 aliphatic carbocycles. The van der Waals surface area contributed by atoms with Crippen LogP contribution in [0.2, 0.25) is 0 Å². The van der Waals surface area contributed by atoms with Crippen LogP contribution in [0.3, 0.4) is 0 Å². The molecule has 0 unspecified atom stereocenters. The van der Waals surface area contributed by atoms with E-state index in [4.69, 9.17) is 0 Å². The first-order valence-electron chi connectivity index (χ1n) is 5.03. The molecule has 3 nitrogen and oxygen atoms in total. The molecule has 0 aliphatic rings. The van der Waals surface area contributed by atoms with E-state index >= 15 is 0 Å². The lowest BCUT2D eigenvalue weighted by atomic mass is 10.2. The molecule has 17 heavy (non-hydrogen) atoms. The Bertz CT molecular complexity index is 529. The van der Waals surface area contributed by atoms with E-state index in [1.807, 2.05) is 30.7 Å². The van der Waals surface area contributed by atoms with Crippen molar-refractivity contribution < 1.29 is 0 Å². The average Bonchev–Trinajstić information content (AvgIpc) is 2.88. The molecule has 0 atom stereocenters. The van der Waals surface area contributed by atoms with Gasteiger partial charge in [0.2, 0.25) is 0 Å². The summed E-state index contributed by atoms with van der Waals surface area (Å²) in [5.74, 6) is 0. The molecule has 0 amide bonds. The quantitative estimate of drug-likeness (QED) is 0.857. The third-order valence-electron chi connectivity index (χ3n) is 2.29. The summed E-state index contributed by atoms with van der Waals surface area (Å²) in [6, 6.07) is 8.10. The van der Waals surface area contributed by atoms with E-state index in [0.717, 1.165) is 15.5 Å². The van der Waals surface area contributed by atoms with Crippen molar-refractivity contribution in [2.24, 2.45) is 0 Å². The van der Waals surface area contributed by atoms with E-state index in [-0.39, 0.29) is 0 Å². The van der Waals surface area contributed by atoms with Crippen molar-refractivity contribution in [1.29, 1.82) is 5.26 Å². The maximum Gasteiger partial charge on any atom is 0.102 e. The van der Waals surface area contributed by atoms with Gasteiger partial charge in [0.15, 0.2) is 0 Å². The topological polar surface area (TPSA) is 48.7 Å². The zero-order valence-corrected chi connectivity index (χ0v) is 10.9. The molecule has 1 aromatic heterocycles. The lowest BCUT2D eigenvalue weighted by Crippen LogP contribution is -2.00. The molecule has 0 saturated heterocycles. The Morgan fingerprint density at radius 1 is 1.53 bits per heavy atom. The summed E-state index contributed by atoms with van der Waals surface area (Å²) in [7, 11) is 0. The second kappa shape index (κ2) is 5.71. The first kappa shape index (κ1) is 12.0. The standard InChI is InChI=1S/C12H11N3S2/c1-16-12-4-2-3-11(10(12)5-13)15-7-9-6-14-8-17-9/h2-4,6,8,15H,7H2,1H3. The Kier molecular flexibility index (Phi) is 4.02. The maximum atomic E-state index is 9.17. The lowest BCUT2D eigenvalue weighted by molar-refractivity contribution is 1.16. The monoisotopic (exact) mass is 261 g/mol. The molecule has 2 rings (SSSR count). The summed E-state index contributed by atoms with van der Waals surface area (Å²) < 4.78 is 0. The van der Waals surface area contributed by atoms with E-state index in [1.165, 1.54) is 0 Å². The Labute approximate surface area is 109 Å². The number of rotatable bonds is 4. The fourth-order valence-electron chi connectivity index (χ4n) is 1.48. The molecular formula is C12H11N3S2. The molecule has 0 spiro atoms. The molecule has 0 radical (unpaired) electrons. The van der Waals surface area contributed by atoms with Gasteiger partial charge in [-0.1, -0.05) is 6.07 Å². The largest absolute Gasteiger partial charge is 0.379 e. The number of hydrogen-bond donors (Lipinski definition) is 1. The highest BCUT2D eigenvalue weighted by atomic mass is 32.2. The molecule has 1 aromatic carbocycles. The number of nitrogens with one attached hydrogen (secondary N) is 1. The normalized spacial score (nSPS) is 9.88. The van der Waals surface area contributed by atoms with E-state index in [2.05, 4.69) is 16.4 Å². The molecule has 0 fully saturated rings. The van der Waals surface area contributed by atoms with Crippen LogP contribution in [0.4, 0.5) is 5.69 Å². The van der Waals surface area contributed by atoms with Crippen LogP contribution < -0.4 is 5.32 Å². The number of aromatic nitrogens is 1. The van der Waals surface area contributed by atoms with Crippen LogP contribution in [0, 0.1) is 11.3 Å². The third-order valence-corrected chi connectivity index (χ3v) is 3.85. The highest BCUT2D eigenvalue weighted by Gasteiger charge is 2.06. The van der Waals surface area contributed by atoms with Crippen LogP contribution >= 0.6 is 23.1 Å². The van der Waals surface area contributed by atoms with Crippen LogP contribution in [0.5, 0.6) is 0 Å². The molecule has 1 N–H and O–H groups in total. The van der Waals surface area contributed by atoms with Gasteiger partial charge in [0.05, 0.1) is 23.3 Å². The maximum absolute atomic E-state index is 9.17. The molecule has 0 bridgehead atoms. The SMILES string of the molecule is CSc1cccc(NCc2cncs2)c1C#N. The summed E-state index contributed by atoms with van der Waals surface area (Å²) in [6.07, 6.45) is 3.81. The highest BCUT2D eigenvalue weighted by Crippen LogP contribution is 2.26. The molecule has 1 heterocycles. The van der Waals surface area contributed by atoms with Crippen molar-refractivity contribution >= 4 is 28.8 Å². The van der Waals surface area contributed by atoms with Gasteiger partial charge in [0.1, 0.15) is 6.07 Å². The Hall–Kier alpha value is -1.51. The van der Waals surface area contributed by atoms with Crippen molar-refractivity contribution in [1.82, 2.24) is 4.98 Å². The number of thiazole rings is 1. The molecule has 5 heteroatoms. The first-order chi connectivity index (χ1) is 8.35. The van der Waals surface area contributed by atoms with Crippen LogP contribution in [0.15, 0.2) is 34.8 Å². The smallest absolute Gasteiger partial charge is 0.102 e. The second-order valence-electron chi connectivity index (χ2n) is 3.32. The number of anilines is 1. The average molecular weight is 261 g/mol. The molecule has 2 aromatic rings. The van der Waals surface area contributed by atoms with Crippen LogP contribution in [0.1, 0.15) is 10.4 Å². The van der Waals surface area contributed by atoms with Gasteiger partial charge in [0, 0.05) is 16.0 Å². The predicted molar refractivity (Wildman–Crippen MR) is 72.4 cm³/mol. The lowest BCUT2D eigenvalue weighted by Gasteiger charge is -2.09. The minimum Gasteiger partial charge on any atom is -0.379 e. The van der Waals surface area contributed by atoms with Gasteiger partial charge in [-0.2, -0.15) is 5.26 Å². The predicted octanol–water partition coefficient (Wildman–Crippen LogP) is 3.35. The number of thioether (sulfide) groups is 1. The summed E-state index contributed by atoms with van der Waals surface area (Å²) in [5, 5.41) is 12.5. The van der Waals surface area contributed by atoms with Gasteiger partial charge in [0.25, 0.3) is 0 Å². The van der Waals surface area contributed by atoms with E-state index in [1.54, 1.807) is 28.6 Å². The van der Waals surface area contributed by atoms with Crippen molar-refractivity contribution in [2.45, 2.75) is 11.4 Å². The van der Waals surface area contributed by atoms with Gasteiger partial charge in [-0.15, -0.1) is 23.1 Å². The minimum absolute atomic E-state index is 0.706. The molecule has 0 saturated carbocycles. The third kappa shape index (κ3) is 2.78. The van der Waals surface area contributed by atoms with Crippen LogP contribution in [0.25, 0.3) is 0 Å². The molecular weight excluding hydrogens is 250 g/mol. The van der Waals surface area contributed by atoms with Crippen LogP contribution in [-0.2, 0) is 6.54 Å². The fourth-order valence-corrected chi connectivity index (χ4v) is 2.58. The number of nitriles is 1. The second-order valence-corrected chi connectivity index (χ2v) is 5.13. The minimum atomic E-state index is 0.706. The number of hydrogen-bond acceptors (Lipinski definition) is 5. The highest BCUT2D eigenvalue weighted by molar-refractivity contribution is 7.98. The van der Waals surface area contributed by atoms with Gasteiger partial charge in [-0.25, -0.2) is 0 Å². The van der Waals surface area contributed by atoms with Crippen LogP contribution in [-0.4, -0.2) is 11.2 Å². The van der Waals surface area contributed by atoms with E-state index in [0.29, 0.717) is 12.1 Å². The van der Waals surface area contributed by atoms with Gasteiger partial charge >= 0.3 is 0 Å². The summed E-state index contributed by atoms with van der Waals surface area (Å²) in [4.78, 5) is 6.18. The Morgan fingerprint density at radius 3 is 3.06 bits per heavy atom. The number of benzene rings is 1. The number of nitrogens with zero attached hydrogens (tertiary/aromatic N) is 2. The van der Waals surface area contributed by atoms with Gasteiger partial charge < -0.3 is 5.32 Å².